The minimum Gasteiger partial charge on any atom is -0.444 e. The summed E-state index contributed by atoms with van der Waals surface area (Å²) in [4.78, 5) is 23.2. The second kappa shape index (κ2) is 9.47. The fraction of sp³-hybridized carbons (Fsp3) is 0.500. The van der Waals surface area contributed by atoms with E-state index in [9.17, 15) is 4.79 Å². The van der Waals surface area contributed by atoms with Crippen molar-refractivity contribution in [2.24, 2.45) is 0 Å². The minimum absolute atomic E-state index is 0.291. The van der Waals surface area contributed by atoms with E-state index in [0.717, 1.165) is 27.1 Å². The Morgan fingerprint density at radius 1 is 1.42 bits per heavy atom. The fourth-order valence-corrected chi connectivity index (χ4v) is 4.23. The van der Waals surface area contributed by atoms with Crippen molar-refractivity contribution >= 4 is 31.3 Å². The van der Waals surface area contributed by atoms with Crippen LogP contribution in [0, 0.1) is 6.92 Å². The molecule has 0 aromatic carbocycles. The molecule has 168 valence electrons. The van der Waals surface area contributed by atoms with Crippen LogP contribution in [0.2, 0.25) is 0 Å². The van der Waals surface area contributed by atoms with Gasteiger partial charge in [0.1, 0.15) is 15.6 Å². The van der Waals surface area contributed by atoms with Gasteiger partial charge in [0.2, 0.25) is 0 Å². The predicted octanol–water partition coefficient (Wildman–Crippen LogP) is 4.85. The number of hydrogen-bond donors (Lipinski definition) is 1. The topological polar surface area (TPSA) is 67.4 Å². The zero-order chi connectivity index (χ0) is 22.8. The van der Waals surface area contributed by atoms with Crippen LogP contribution in [0.1, 0.15) is 38.4 Å². The van der Waals surface area contributed by atoms with Gasteiger partial charge in [-0.15, -0.1) is 0 Å². The van der Waals surface area contributed by atoms with Crippen molar-refractivity contribution in [2.75, 3.05) is 13.1 Å². The van der Waals surface area contributed by atoms with Gasteiger partial charge >= 0.3 is 6.09 Å². The number of amides is 1. The smallest absolute Gasteiger partial charge is 0.408 e. The van der Waals surface area contributed by atoms with E-state index in [-0.39, 0.29) is 0 Å². The summed E-state index contributed by atoms with van der Waals surface area (Å²) in [6.45, 7) is 8.86. The minimum atomic E-state index is -1.58. The molecule has 1 N–H and O–H groups in total. The third-order valence-corrected chi connectivity index (χ3v) is 6.09. The summed E-state index contributed by atoms with van der Waals surface area (Å²) in [7, 11) is 2.26. The summed E-state index contributed by atoms with van der Waals surface area (Å²) in [5, 5.41) is 1.13. The number of likely N-dealkylation sites (tertiary alicyclic amines) is 1. The first-order valence-corrected chi connectivity index (χ1v) is 11.6. The standard InChI is InChI=1S/C22H29BrFN4O2P/c1-14-5-6-16(11-25-14)17-9-15(10-19(23)26-17)12-28-8-7-22(24,31)18(13-28)27-20(29)30-21(2,3)4/h5-6,9-11,18H,7-8,12-13,31H2,1-4H3,(H,27,29)/t18-,22?/m1/s1. The molecule has 0 aliphatic carbocycles. The molecule has 9 heteroatoms. The molecule has 3 atom stereocenters. The molecule has 0 radical (unpaired) electrons. The van der Waals surface area contributed by atoms with E-state index >= 15 is 4.39 Å². The second-order valence-corrected chi connectivity index (χ2v) is 10.8. The molecule has 3 rings (SSSR count). The van der Waals surface area contributed by atoms with Crippen molar-refractivity contribution in [3.05, 3.63) is 46.3 Å². The molecule has 1 aliphatic rings. The van der Waals surface area contributed by atoms with Crippen LogP contribution in [0.15, 0.2) is 35.1 Å². The Hall–Kier alpha value is -1.63. The molecule has 1 amide bonds. The molecular formula is C22H29BrFN4O2P. The molecule has 1 saturated heterocycles. The molecule has 2 aromatic heterocycles. The van der Waals surface area contributed by atoms with Crippen LogP contribution in [0.4, 0.5) is 9.18 Å². The Morgan fingerprint density at radius 2 is 2.16 bits per heavy atom. The second-order valence-electron chi connectivity index (χ2n) is 8.98. The SMILES string of the molecule is Cc1ccc(-c2cc(CN3CCC(F)(P)[C@H](NC(=O)OC(C)(C)C)C3)cc(Br)n2)cn1. The highest BCUT2D eigenvalue weighted by Gasteiger charge is 2.41. The summed E-state index contributed by atoms with van der Waals surface area (Å²) in [5.74, 6) is 0. The Morgan fingerprint density at radius 3 is 2.81 bits per heavy atom. The summed E-state index contributed by atoms with van der Waals surface area (Å²) in [6, 6.07) is 7.24. The Balaban J connectivity index is 1.72. The van der Waals surface area contributed by atoms with Crippen LogP contribution in [-0.2, 0) is 11.3 Å². The van der Waals surface area contributed by atoms with Crippen LogP contribution in [0.3, 0.4) is 0 Å². The highest BCUT2D eigenvalue weighted by Crippen LogP contribution is 2.34. The number of ether oxygens (including phenoxy) is 1. The van der Waals surface area contributed by atoms with Gasteiger partial charge in [-0.2, -0.15) is 0 Å². The molecule has 3 heterocycles. The van der Waals surface area contributed by atoms with Crippen molar-refractivity contribution in [1.29, 1.82) is 0 Å². The van der Waals surface area contributed by atoms with E-state index in [2.05, 4.69) is 45.4 Å². The quantitative estimate of drug-likeness (QED) is 0.470. The first kappa shape index (κ1) is 24.0. The number of alkyl halides is 1. The number of alkyl carbamates (subject to hydrolysis) is 1. The molecule has 1 aliphatic heterocycles. The number of aryl methyl sites for hydroxylation is 1. The summed E-state index contributed by atoms with van der Waals surface area (Å²) >= 11 is 3.49. The average molecular weight is 511 g/mol. The normalized spacial score (nSPS) is 22.2. The molecular weight excluding hydrogens is 482 g/mol. The summed E-state index contributed by atoms with van der Waals surface area (Å²) < 4.78 is 21.1. The molecule has 0 bridgehead atoms. The Bertz CT molecular complexity index is 934. The predicted molar refractivity (Wildman–Crippen MR) is 127 cm³/mol. The van der Waals surface area contributed by atoms with Gasteiger partial charge in [-0.3, -0.25) is 9.88 Å². The first-order valence-electron chi connectivity index (χ1n) is 10.2. The Labute approximate surface area is 193 Å². The number of rotatable bonds is 4. The number of carbonyl (C=O) groups is 1. The summed E-state index contributed by atoms with van der Waals surface area (Å²) in [5.41, 5.74) is 3.11. The van der Waals surface area contributed by atoms with Crippen LogP contribution in [0.25, 0.3) is 11.3 Å². The highest BCUT2D eigenvalue weighted by molar-refractivity contribution is 9.10. The molecule has 2 aromatic rings. The van der Waals surface area contributed by atoms with E-state index in [4.69, 9.17) is 4.74 Å². The van der Waals surface area contributed by atoms with E-state index < -0.39 is 23.1 Å². The zero-order valence-corrected chi connectivity index (χ0v) is 21.0. The number of pyridine rings is 2. The third kappa shape index (κ3) is 6.93. The van der Waals surface area contributed by atoms with Gasteiger partial charge in [0.15, 0.2) is 0 Å². The monoisotopic (exact) mass is 510 g/mol. The Kier molecular flexibility index (Phi) is 7.34. The van der Waals surface area contributed by atoms with Crippen LogP contribution < -0.4 is 5.32 Å². The van der Waals surface area contributed by atoms with Crippen LogP contribution >= 0.6 is 25.2 Å². The number of aromatic nitrogens is 2. The largest absolute Gasteiger partial charge is 0.444 e. The molecule has 31 heavy (non-hydrogen) atoms. The number of hydrogen-bond acceptors (Lipinski definition) is 5. The van der Waals surface area contributed by atoms with Crippen molar-refractivity contribution in [3.8, 4) is 11.3 Å². The van der Waals surface area contributed by atoms with E-state index in [0.29, 0.717) is 26.1 Å². The summed E-state index contributed by atoms with van der Waals surface area (Å²) in [6.07, 6.45) is 1.49. The third-order valence-electron chi connectivity index (χ3n) is 4.99. The van der Waals surface area contributed by atoms with Crippen molar-refractivity contribution < 1.29 is 13.9 Å². The van der Waals surface area contributed by atoms with E-state index in [1.807, 2.05) is 31.2 Å². The maximum Gasteiger partial charge on any atom is 0.408 e. The van der Waals surface area contributed by atoms with Gasteiger partial charge in [0.05, 0.1) is 11.7 Å². The van der Waals surface area contributed by atoms with Crippen molar-refractivity contribution in [3.63, 3.8) is 0 Å². The van der Waals surface area contributed by atoms with Gasteiger partial charge < -0.3 is 10.1 Å². The van der Waals surface area contributed by atoms with Crippen molar-refractivity contribution in [2.45, 2.75) is 57.7 Å². The maximum absolute atomic E-state index is 15.1. The van der Waals surface area contributed by atoms with Gasteiger partial charge in [-0.1, -0.05) is 9.24 Å². The zero-order valence-electron chi connectivity index (χ0n) is 18.3. The van der Waals surface area contributed by atoms with Gasteiger partial charge in [0.25, 0.3) is 0 Å². The number of nitrogens with one attached hydrogen (secondary N) is 1. The number of piperidine rings is 1. The molecule has 6 nitrogen and oxygen atoms in total. The molecule has 0 saturated carbocycles. The van der Waals surface area contributed by atoms with Crippen LogP contribution in [0.5, 0.6) is 0 Å². The molecule has 1 fully saturated rings. The first-order chi connectivity index (χ1) is 14.4. The number of halogens is 2. The fourth-order valence-electron chi connectivity index (χ4n) is 3.43. The van der Waals surface area contributed by atoms with Gasteiger partial charge in [-0.25, -0.2) is 14.2 Å². The lowest BCUT2D eigenvalue weighted by atomic mass is 10.0. The number of carbonyl (C=O) groups excluding carboxylic acids is 1. The van der Waals surface area contributed by atoms with E-state index in [1.54, 1.807) is 27.0 Å². The van der Waals surface area contributed by atoms with Crippen LogP contribution in [-0.4, -0.2) is 51.1 Å². The van der Waals surface area contributed by atoms with Crippen molar-refractivity contribution in [1.82, 2.24) is 20.2 Å². The maximum atomic E-state index is 15.1. The lowest BCUT2D eigenvalue weighted by Crippen LogP contribution is -2.58. The van der Waals surface area contributed by atoms with Gasteiger partial charge in [0, 0.05) is 37.1 Å². The van der Waals surface area contributed by atoms with E-state index in [1.165, 1.54) is 0 Å². The highest BCUT2D eigenvalue weighted by atomic mass is 79.9. The lowest BCUT2D eigenvalue weighted by Gasteiger charge is -2.41. The average Bonchev–Trinajstić information content (AvgIpc) is 2.63. The number of nitrogens with zero attached hydrogens (tertiary/aromatic N) is 3. The van der Waals surface area contributed by atoms with Gasteiger partial charge in [-0.05, 0) is 79.9 Å². The lowest BCUT2D eigenvalue weighted by molar-refractivity contribution is 0.0337. The molecule has 2 unspecified atom stereocenters. The molecule has 0 spiro atoms.